The molecule has 20 heavy (non-hydrogen) atoms. The van der Waals surface area contributed by atoms with Crippen LogP contribution in [0.4, 0.5) is 5.82 Å². The van der Waals surface area contributed by atoms with Gasteiger partial charge >= 0.3 is 0 Å². The van der Waals surface area contributed by atoms with Crippen LogP contribution in [-0.2, 0) is 11.8 Å². The number of imidazole rings is 1. The molecular formula is C14H21N5O. The number of carbonyl (C=O) groups excluding carboxylic acids is 1. The van der Waals surface area contributed by atoms with Crippen LogP contribution in [0.5, 0.6) is 0 Å². The molecular weight excluding hydrogens is 254 g/mol. The molecule has 0 aromatic carbocycles. The van der Waals surface area contributed by atoms with Gasteiger partial charge in [-0.05, 0) is 19.9 Å². The Balaban J connectivity index is 1.98. The number of aromatic nitrogens is 3. The number of rotatable bonds is 6. The molecule has 6 nitrogen and oxygen atoms in total. The van der Waals surface area contributed by atoms with Gasteiger partial charge in [-0.25, -0.2) is 9.97 Å². The number of fused-ring (bicyclic) bond motifs is 1. The molecule has 2 heterocycles. The summed E-state index contributed by atoms with van der Waals surface area (Å²) in [6, 6.07) is 1.93. The maximum Gasteiger partial charge on any atom is 0.224 e. The molecule has 2 aromatic rings. The van der Waals surface area contributed by atoms with E-state index in [1.165, 1.54) is 0 Å². The lowest BCUT2D eigenvalue weighted by Crippen LogP contribution is -2.31. The van der Waals surface area contributed by atoms with Gasteiger partial charge < -0.3 is 14.8 Å². The fourth-order valence-electron chi connectivity index (χ4n) is 2.21. The molecule has 0 atom stereocenters. The molecule has 108 valence electrons. The van der Waals surface area contributed by atoms with Crippen LogP contribution in [0.2, 0.25) is 0 Å². The van der Waals surface area contributed by atoms with Crippen molar-refractivity contribution in [3.8, 4) is 0 Å². The zero-order chi connectivity index (χ0) is 14.5. The van der Waals surface area contributed by atoms with Crippen molar-refractivity contribution in [3.05, 3.63) is 18.6 Å². The predicted octanol–water partition coefficient (Wildman–Crippen LogP) is 1.64. The van der Waals surface area contributed by atoms with E-state index in [0.717, 1.165) is 29.9 Å². The lowest BCUT2D eigenvalue weighted by Gasteiger charge is -2.18. The third-order valence-electron chi connectivity index (χ3n) is 3.39. The van der Waals surface area contributed by atoms with Crippen LogP contribution < -0.4 is 5.32 Å². The molecule has 0 bridgehead atoms. The maximum absolute atomic E-state index is 11.9. The second kappa shape index (κ2) is 6.36. The number of amides is 1. The molecule has 1 amide bonds. The van der Waals surface area contributed by atoms with Gasteiger partial charge in [0.05, 0.1) is 11.8 Å². The molecule has 0 unspecified atom stereocenters. The Morgan fingerprint density at radius 3 is 2.80 bits per heavy atom. The fourth-order valence-corrected chi connectivity index (χ4v) is 2.21. The SMILES string of the molecule is CCN(CC)C(=O)CCNc1nccc2c1ncn2C. The van der Waals surface area contributed by atoms with E-state index in [-0.39, 0.29) is 5.91 Å². The third-order valence-corrected chi connectivity index (χ3v) is 3.39. The highest BCUT2D eigenvalue weighted by molar-refractivity contribution is 5.86. The van der Waals surface area contributed by atoms with Crippen LogP contribution in [0.3, 0.4) is 0 Å². The predicted molar refractivity (Wildman–Crippen MR) is 79.5 cm³/mol. The molecule has 1 N–H and O–H groups in total. The standard InChI is InChI=1S/C14H21N5O/c1-4-19(5-2)12(20)7-9-16-14-13-11(6-8-15-14)18(3)10-17-13/h6,8,10H,4-5,7,9H2,1-3H3,(H,15,16). The first-order valence-corrected chi connectivity index (χ1v) is 6.95. The Labute approximate surface area is 118 Å². The maximum atomic E-state index is 11.9. The minimum atomic E-state index is 0.163. The average Bonchev–Trinajstić information content (AvgIpc) is 2.83. The Morgan fingerprint density at radius 1 is 1.35 bits per heavy atom. The molecule has 6 heteroatoms. The molecule has 0 aliphatic rings. The summed E-state index contributed by atoms with van der Waals surface area (Å²) in [5.74, 6) is 0.895. The quantitative estimate of drug-likeness (QED) is 0.870. The van der Waals surface area contributed by atoms with Crippen molar-refractivity contribution in [2.24, 2.45) is 7.05 Å². The highest BCUT2D eigenvalue weighted by Crippen LogP contribution is 2.18. The van der Waals surface area contributed by atoms with Crippen LogP contribution in [0, 0.1) is 0 Å². The number of hydrogen-bond donors (Lipinski definition) is 1. The van der Waals surface area contributed by atoms with Crippen molar-refractivity contribution < 1.29 is 4.79 Å². The van der Waals surface area contributed by atoms with E-state index in [2.05, 4.69) is 15.3 Å². The van der Waals surface area contributed by atoms with Crippen LogP contribution in [0.15, 0.2) is 18.6 Å². The summed E-state index contributed by atoms with van der Waals surface area (Å²) in [7, 11) is 1.95. The first-order chi connectivity index (χ1) is 9.67. The minimum absolute atomic E-state index is 0.163. The monoisotopic (exact) mass is 275 g/mol. The molecule has 0 saturated carbocycles. The van der Waals surface area contributed by atoms with Crippen molar-refractivity contribution in [2.75, 3.05) is 25.0 Å². The smallest absolute Gasteiger partial charge is 0.224 e. The lowest BCUT2D eigenvalue weighted by atomic mass is 10.3. The average molecular weight is 275 g/mol. The van der Waals surface area contributed by atoms with Gasteiger partial charge in [-0.3, -0.25) is 4.79 Å². The molecule has 0 aliphatic carbocycles. The fraction of sp³-hybridized carbons (Fsp3) is 0.500. The van der Waals surface area contributed by atoms with E-state index >= 15 is 0 Å². The zero-order valence-corrected chi connectivity index (χ0v) is 12.3. The van der Waals surface area contributed by atoms with E-state index in [0.29, 0.717) is 13.0 Å². The number of anilines is 1. The number of nitrogens with zero attached hydrogens (tertiary/aromatic N) is 4. The Hall–Kier alpha value is -2.11. The molecule has 2 rings (SSSR count). The van der Waals surface area contributed by atoms with Crippen LogP contribution in [0.1, 0.15) is 20.3 Å². The summed E-state index contributed by atoms with van der Waals surface area (Å²) in [6.45, 7) is 6.06. The highest BCUT2D eigenvalue weighted by Gasteiger charge is 2.10. The lowest BCUT2D eigenvalue weighted by molar-refractivity contribution is -0.130. The van der Waals surface area contributed by atoms with Crippen LogP contribution in [0.25, 0.3) is 11.0 Å². The number of nitrogens with one attached hydrogen (secondary N) is 1. The Morgan fingerprint density at radius 2 is 2.10 bits per heavy atom. The van der Waals surface area contributed by atoms with Crippen molar-refractivity contribution in [2.45, 2.75) is 20.3 Å². The second-order valence-corrected chi connectivity index (χ2v) is 4.63. The van der Waals surface area contributed by atoms with Gasteiger partial charge in [-0.1, -0.05) is 0 Å². The largest absolute Gasteiger partial charge is 0.368 e. The van der Waals surface area contributed by atoms with Gasteiger partial charge in [-0.2, -0.15) is 0 Å². The zero-order valence-electron chi connectivity index (χ0n) is 12.3. The number of hydrogen-bond acceptors (Lipinski definition) is 4. The van der Waals surface area contributed by atoms with E-state index in [9.17, 15) is 4.79 Å². The molecule has 0 spiro atoms. The highest BCUT2D eigenvalue weighted by atomic mass is 16.2. The topological polar surface area (TPSA) is 63.1 Å². The van der Waals surface area contributed by atoms with Gasteiger partial charge in [0.15, 0.2) is 5.82 Å². The summed E-state index contributed by atoms with van der Waals surface area (Å²) >= 11 is 0. The Bertz CT molecular complexity index is 588. The molecule has 0 radical (unpaired) electrons. The third kappa shape index (κ3) is 2.89. The summed E-state index contributed by atoms with van der Waals surface area (Å²) in [4.78, 5) is 22.4. The number of pyridine rings is 1. The molecule has 0 fully saturated rings. The summed E-state index contributed by atoms with van der Waals surface area (Å²) < 4.78 is 1.95. The van der Waals surface area contributed by atoms with Crippen molar-refractivity contribution >= 4 is 22.8 Å². The second-order valence-electron chi connectivity index (χ2n) is 4.63. The van der Waals surface area contributed by atoms with E-state index < -0.39 is 0 Å². The van der Waals surface area contributed by atoms with Crippen LogP contribution in [-0.4, -0.2) is 45.0 Å². The van der Waals surface area contributed by atoms with Crippen LogP contribution >= 0.6 is 0 Å². The summed E-state index contributed by atoms with van der Waals surface area (Å²) in [5, 5.41) is 3.20. The van der Waals surface area contributed by atoms with Gasteiger partial charge in [0, 0.05) is 39.3 Å². The van der Waals surface area contributed by atoms with Gasteiger partial charge in [0.25, 0.3) is 0 Å². The van der Waals surface area contributed by atoms with E-state index in [1.807, 2.05) is 36.4 Å². The molecule has 0 saturated heterocycles. The first kappa shape index (κ1) is 14.3. The minimum Gasteiger partial charge on any atom is -0.368 e. The molecule has 2 aromatic heterocycles. The van der Waals surface area contributed by atoms with Gasteiger partial charge in [0.2, 0.25) is 5.91 Å². The number of carbonyl (C=O) groups is 1. The normalized spacial score (nSPS) is 10.8. The van der Waals surface area contributed by atoms with Crippen molar-refractivity contribution in [3.63, 3.8) is 0 Å². The van der Waals surface area contributed by atoms with E-state index in [1.54, 1.807) is 12.5 Å². The first-order valence-electron chi connectivity index (χ1n) is 6.95. The molecule has 0 aliphatic heterocycles. The summed E-state index contributed by atoms with van der Waals surface area (Å²) in [5.41, 5.74) is 1.86. The van der Waals surface area contributed by atoms with Gasteiger partial charge in [0.1, 0.15) is 5.52 Å². The Kier molecular flexibility index (Phi) is 4.55. The summed E-state index contributed by atoms with van der Waals surface area (Å²) in [6.07, 6.45) is 3.98. The number of aryl methyl sites for hydroxylation is 1. The van der Waals surface area contributed by atoms with Gasteiger partial charge in [-0.15, -0.1) is 0 Å². The van der Waals surface area contributed by atoms with Crippen molar-refractivity contribution in [1.82, 2.24) is 19.4 Å². The van der Waals surface area contributed by atoms with E-state index in [4.69, 9.17) is 0 Å². The van der Waals surface area contributed by atoms with Crippen molar-refractivity contribution in [1.29, 1.82) is 0 Å².